The molecular formula is C25H20N4O3S. The molecular weight excluding hydrogens is 436 g/mol. The van der Waals surface area contributed by atoms with Gasteiger partial charge in [-0.3, -0.25) is 4.79 Å². The van der Waals surface area contributed by atoms with E-state index >= 15 is 0 Å². The van der Waals surface area contributed by atoms with Crippen LogP contribution in [0.5, 0.6) is 0 Å². The van der Waals surface area contributed by atoms with Crippen molar-refractivity contribution < 1.29 is 13.2 Å². The van der Waals surface area contributed by atoms with Crippen molar-refractivity contribution in [1.82, 2.24) is 9.55 Å². The number of nitrogens with one attached hydrogen (secondary N) is 1. The zero-order valence-corrected chi connectivity index (χ0v) is 18.5. The number of anilines is 1. The maximum Gasteiger partial charge on any atom is 0.256 e. The molecule has 33 heavy (non-hydrogen) atoms. The van der Waals surface area contributed by atoms with Gasteiger partial charge in [0.2, 0.25) is 10.0 Å². The van der Waals surface area contributed by atoms with Gasteiger partial charge in [-0.25, -0.2) is 18.5 Å². The summed E-state index contributed by atoms with van der Waals surface area (Å²) in [6.45, 7) is 0. The Morgan fingerprint density at radius 2 is 1.67 bits per heavy atom. The molecule has 164 valence electrons. The number of primary sulfonamides is 1. The minimum absolute atomic E-state index is 0.0109. The predicted octanol–water partition coefficient (Wildman–Crippen LogP) is 4.29. The summed E-state index contributed by atoms with van der Waals surface area (Å²) in [5.74, 6) is -0.321. The van der Waals surface area contributed by atoms with Gasteiger partial charge in [0, 0.05) is 40.8 Å². The number of fused-ring (bicyclic) bond motifs is 2. The molecule has 3 aromatic carbocycles. The molecule has 8 heteroatoms. The smallest absolute Gasteiger partial charge is 0.256 e. The molecule has 5 rings (SSSR count). The second-order valence-electron chi connectivity index (χ2n) is 7.77. The Balaban J connectivity index is 1.59. The third-order valence-corrected chi connectivity index (χ3v) is 6.49. The molecule has 0 unspecified atom stereocenters. The van der Waals surface area contributed by atoms with Crippen LogP contribution in [0.1, 0.15) is 10.4 Å². The SMILES string of the molecule is Cn1cc(S(N)(=O)=O)c2cc(NC(=O)c3cc(-c4ccccc4)nc4ccccc34)ccc21. The fourth-order valence-electron chi connectivity index (χ4n) is 3.98. The van der Waals surface area contributed by atoms with Crippen LogP contribution in [0.15, 0.2) is 90.0 Å². The lowest BCUT2D eigenvalue weighted by Crippen LogP contribution is -2.13. The Morgan fingerprint density at radius 3 is 2.42 bits per heavy atom. The maximum atomic E-state index is 13.3. The number of nitrogens with two attached hydrogens (primary N) is 1. The first kappa shape index (κ1) is 20.9. The van der Waals surface area contributed by atoms with Gasteiger partial charge >= 0.3 is 0 Å². The van der Waals surface area contributed by atoms with E-state index in [1.54, 1.807) is 35.9 Å². The van der Waals surface area contributed by atoms with Crippen LogP contribution in [-0.4, -0.2) is 23.9 Å². The summed E-state index contributed by atoms with van der Waals surface area (Å²) in [6, 6.07) is 24.0. The van der Waals surface area contributed by atoms with E-state index in [4.69, 9.17) is 10.1 Å². The lowest BCUT2D eigenvalue weighted by Gasteiger charge is -2.11. The van der Waals surface area contributed by atoms with E-state index in [1.807, 2.05) is 54.6 Å². The van der Waals surface area contributed by atoms with Gasteiger partial charge in [0.15, 0.2) is 0 Å². The van der Waals surface area contributed by atoms with E-state index in [0.717, 1.165) is 10.9 Å². The summed E-state index contributed by atoms with van der Waals surface area (Å²) < 4.78 is 25.7. The Morgan fingerprint density at radius 1 is 0.939 bits per heavy atom. The van der Waals surface area contributed by atoms with Crippen LogP contribution in [-0.2, 0) is 17.1 Å². The molecule has 2 aromatic heterocycles. The molecule has 0 spiro atoms. The molecule has 2 heterocycles. The number of amides is 1. The summed E-state index contributed by atoms with van der Waals surface area (Å²) in [5.41, 5.74) is 3.93. The highest BCUT2D eigenvalue weighted by molar-refractivity contribution is 7.89. The Bertz CT molecular complexity index is 1640. The summed E-state index contributed by atoms with van der Waals surface area (Å²) in [7, 11) is -2.17. The molecule has 0 radical (unpaired) electrons. The molecule has 0 bridgehead atoms. The monoisotopic (exact) mass is 456 g/mol. The largest absolute Gasteiger partial charge is 0.349 e. The fraction of sp³-hybridized carbons (Fsp3) is 0.0400. The van der Waals surface area contributed by atoms with Gasteiger partial charge in [0.1, 0.15) is 4.90 Å². The van der Waals surface area contributed by atoms with Crippen LogP contribution in [0.2, 0.25) is 0 Å². The van der Waals surface area contributed by atoms with E-state index in [1.165, 1.54) is 6.20 Å². The number of aromatic nitrogens is 2. The van der Waals surface area contributed by atoms with Crippen molar-refractivity contribution in [2.75, 3.05) is 5.32 Å². The molecule has 0 aliphatic rings. The average Bonchev–Trinajstić information content (AvgIpc) is 3.15. The van der Waals surface area contributed by atoms with E-state index < -0.39 is 10.0 Å². The number of aryl methyl sites for hydroxylation is 1. The number of hydrogen-bond acceptors (Lipinski definition) is 4. The number of pyridine rings is 1. The molecule has 7 nitrogen and oxygen atoms in total. The number of rotatable bonds is 4. The number of para-hydroxylation sites is 1. The van der Waals surface area contributed by atoms with Crippen molar-refractivity contribution in [2.24, 2.45) is 12.2 Å². The van der Waals surface area contributed by atoms with Crippen molar-refractivity contribution >= 4 is 43.4 Å². The molecule has 0 saturated carbocycles. The molecule has 0 aliphatic heterocycles. The Labute approximate surface area is 190 Å². The lowest BCUT2D eigenvalue weighted by molar-refractivity contribution is 0.102. The standard InChI is InChI=1S/C25H20N4O3S/c1-29-15-24(33(26,31)32)20-13-17(11-12-23(20)29)27-25(30)19-14-22(16-7-3-2-4-8-16)28-21-10-6-5-9-18(19)21/h2-15H,1H3,(H,27,30)(H2,26,31,32). The number of carbonyl (C=O) groups excluding carboxylic acids is 1. The van der Waals surface area contributed by atoms with Crippen molar-refractivity contribution in [3.05, 3.63) is 90.6 Å². The fourth-order valence-corrected chi connectivity index (χ4v) is 4.75. The summed E-state index contributed by atoms with van der Waals surface area (Å²) >= 11 is 0. The van der Waals surface area contributed by atoms with Gasteiger partial charge in [-0.15, -0.1) is 0 Å². The minimum atomic E-state index is -3.91. The lowest BCUT2D eigenvalue weighted by atomic mass is 10.0. The van der Waals surface area contributed by atoms with Crippen molar-refractivity contribution in [3.8, 4) is 11.3 Å². The third-order valence-electron chi connectivity index (χ3n) is 5.55. The normalized spacial score (nSPS) is 11.7. The predicted molar refractivity (Wildman–Crippen MR) is 129 cm³/mol. The van der Waals surface area contributed by atoms with Crippen LogP contribution in [0.25, 0.3) is 33.1 Å². The van der Waals surface area contributed by atoms with Crippen molar-refractivity contribution in [3.63, 3.8) is 0 Å². The summed E-state index contributed by atoms with van der Waals surface area (Å²) in [4.78, 5) is 18.1. The Hall–Kier alpha value is -4.01. The number of benzene rings is 3. The summed E-state index contributed by atoms with van der Waals surface area (Å²) in [6.07, 6.45) is 1.47. The van der Waals surface area contributed by atoms with Gasteiger partial charge < -0.3 is 9.88 Å². The molecule has 0 fully saturated rings. The van der Waals surface area contributed by atoms with E-state index in [-0.39, 0.29) is 10.8 Å². The van der Waals surface area contributed by atoms with Crippen LogP contribution in [0.3, 0.4) is 0 Å². The quantitative estimate of drug-likeness (QED) is 0.421. The van der Waals surface area contributed by atoms with Crippen molar-refractivity contribution in [2.45, 2.75) is 4.90 Å². The van der Waals surface area contributed by atoms with Crippen LogP contribution in [0, 0.1) is 0 Å². The average molecular weight is 457 g/mol. The maximum absolute atomic E-state index is 13.3. The van der Waals surface area contributed by atoms with E-state index in [9.17, 15) is 13.2 Å². The highest BCUT2D eigenvalue weighted by Crippen LogP contribution is 2.29. The zero-order chi connectivity index (χ0) is 23.2. The molecule has 0 aliphatic carbocycles. The molecule has 5 aromatic rings. The first-order valence-corrected chi connectivity index (χ1v) is 11.7. The van der Waals surface area contributed by atoms with E-state index in [2.05, 4.69) is 5.32 Å². The van der Waals surface area contributed by atoms with Gasteiger partial charge in [0.25, 0.3) is 5.91 Å². The second kappa shape index (κ2) is 7.84. The highest BCUT2D eigenvalue weighted by atomic mass is 32.2. The first-order chi connectivity index (χ1) is 15.8. The van der Waals surface area contributed by atoms with Crippen molar-refractivity contribution in [1.29, 1.82) is 0 Å². The highest BCUT2D eigenvalue weighted by Gasteiger charge is 2.18. The van der Waals surface area contributed by atoms with Gasteiger partial charge in [0.05, 0.1) is 16.8 Å². The topological polar surface area (TPSA) is 107 Å². The molecule has 1 amide bonds. The number of sulfonamides is 1. The zero-order valence-electron chi connectivity index (χ0n) is 17.7. The summed E-state index contributed by atoms with van der Waals surface area (Å²) in [5, 5.41) is 9.44. The minimum Gasteiger partial charge on any atom is -0.349 e. The number of hydrogen-bond donors (Lipinski definition) is 2. The van der Waals surface area contributed by atoms with Gasteiger partial charge in [-0.2, -0.15) is 0 Å². The van der Waals surface area contributed by atoms with Gasteiger partial charge in [-0.1, -0.05) is 48.5 Å². The Kier molecular flexibility index (Phi) is 4.96. The number of nitrogens with zero attached hydrogens (tertiary/aromatic N) is 2. The van der Waals surface area contributed by atoms with E-state index in [0.29, 0.717) is 33.4 Å². The second-order valence-corrected chi connectivity index (χ2v) is 9.30. The van der Waals surface area contributed by atoms with Gasteiger partial charge in [-0.05, 0) is 30.3 Å². The van der Waals surface area contributed by atoms with Crippen LogP contribution in [0.4, 0.5) is 5.69 Å². The van der Waals surface area contributed by atoms with Crippen LogP contribution < -0.4 is 10.5 Å². The number of carbonyl (C=O) groups is 1. The third kappa shape index (κ3) is 3.86. The molecule has 0 saturated heterocycles. The molecule has 0 atom stereocenters. The molecule has 3 N–H and O–H groups in total. The van der Waals surface area contributed by atoms with Crippen LogP contribution >= 0.6 is 0 Å². The first-order valence-electron chi connectivity index (χ1n) is 10.2.